The van der Waals surface area contributed by atoms with Crippen molar-refractivity contribution in [2.75, 3.05) is 6.61 Å². The molecule has 0 aliphatic rings. The van der Waals surface area contributed by atoms with E-state index in [1.54, 1.807) is 6.92 Å². The molecule has 1 atom stereocenters. The summed E-state index contributed by atoms with van der Waals surface area (Å²) in [5.74, 6) is 0. The molecule has 2 N–H and O–H groups in total. The van der Waals surface area contributed by atoms with Gasteiger partial charge in [-0.1, -0.05) is 30.3 Å². The normalized spacial score (nSPS) is 12.1. The van der Waals surface area contributed by atoms with E-state index in [-0.39, 0.29) is 13.2 Å². The molecular formula is C11H15NO4. The Kier molecular flexibility index (Phi) is 4.75. The Morgan fingerprint density at radius 1 is 1.44 bits per heavy atom. The van der Waals surface area contributed by atoms with Gasteiger partial charge < -0.3 is 10.2 Å². The lowest BCUT2D eigenvalue weighted by molar-refractivity contribution is -0.169. The van der Waals surface area contributed by atoms with Gasteiger partial charge in [0.2, 0.25) is 0 Å². The minimum atomic E-state index is -1.21. The predicted molar refractivity (Wildman–Crippen MR) is 57.6 cm³/mol. The van der Waals surface area contributed by atoms with Gasteiger partial charge in [0, 0.05) is 0 Å². The number of hydrogen-bond acceptors (Lipinski definition) is 3. The third-order valence-corrected chi connectivity index (χ3v) is 2.07. The summed E-state index contributed by atoms with van der Waals surface area (Å²) in [6.45, 7) is 1.46. The molecule has 1 unspecified atom stereocenters. The molecule has 0 heterocycles. The van der Waals surface area contributed by atoms with Crippen molar-refractivity contribution in [3.63, 3.8) is 0 Å². The predicted octanol–water partition coefficient (Wildman–Crippen LogP) is 1.48. The maximum Gasteiger partial charge on any atom is 0.431 e. The third-order valence-electron chi connectivity index (χ3n) is 2.07. The fourth-order valence-electron chi connectivity index (χ4n) is 1.16. The minimum absolute atomic E-state index is 0.164. The summed E-state index contributed by atoms with van der Waals surface area (Å²) in [6, 6.07) is 8.65. The van der Waals surface area contributed by atoms with Gasteiger partial charge in [0.1, 0.15) is 6.61 Å². The van der Waals surface area contributed by atoms with E-state index >= 15 is 0 Å². The fraction of sp³-hybridized carbons (Fsp3) is 0.364. The number of aliphatic hydroxyl groups excluding tert-OH is 1. The number of aliphatic hydroxyl groups is 1. The van der Waals surface area contributed by atoms with Gasteiger partial charge in [-0.05, 0) is 12.5 Å². The highest BCUT2D eigenvalue weighted by atomic mass is 16.7. The van der Waals surface area contributed by atoms with Crippen molar-refractivity contribution in [3.8, 4) is 0 Å². The van der Waals surface area contributed by atoms with Gasteiger partial charge in [-0.2, -0.15) is 5.06 Å². The molecule has 5 heteroatoms. The second kappa shape index (κ2) is 6.09. The first kappa shape index (κ1) is 12.5. The van der Waals surface area contributed by atoms with E-state index in [0.717, 1.165) is 10.6 Å². The number of carboxylic acid groups (broad SMARTS) is 1. The Labute approximate surface area is 93.8 Å². The van der Waals surface area contributed by atoms with Crippen molar-refractivity contribution in [3.05, 3.63) is 35.9 Å². The average molecular weight is 225 g/mol. The molecule has 88 valence electrons. The standard InChI is InChI=1S/C11H15NO4/c1-9(7-13)12(11(14)15)16-8-10-5-3-2-4-6-10/h2-6,9,13H,7-8H2,1H3,(H,14,15). The number of rotatable bonds is 5. The van der Waals surface area contributed by atoms with Crippen LogP contribution in [0.1, 0.15) is 12.5 Å². The zero-order valence-corrected chi connectivity index (χ0v) is 9.04. The van der Waals surface area contributed by atoms with E-state index in [2.05, 4.69) is 0 Å². The van der Waals surface area contributed by atoms with Crippen molar-refractivity contribution in [2.24, 2.45) is 0 Å². The second-order valence-corrected chi connectivity index (χ2v) is 3.40. The molecule has 0 radical (unpaired) electrons. The minimum Gasteiger partial charge on any atom is -0.463 e. The molecule has 0 saturated heterocycles. The van der Waals surface area contributed by atoms with Crippen molar-refractivity contribution >= 4 is 6.09 Å². The first-order chi connectivity index (χ1) is 7.65. The van der Waals surface area contributed by atoms with Crippen molar-refractivity contribution in [2.45, 2.75) is 19.6 Å². The zero-order chi connectivity index (χ0) is 12.0. The quantitative estimate of drug-likeness (QED) is 0.745. The topological polar surface area (TPSA) is 70.0 Å². The van der Waals surface area contributed by atoms with Crippen LogP contribution in [0.3, 0.4) is 0 Å². The molecule has 16 heavy (non-hydrogen) atoms. The van der Waals surface area contributed by atoms with E-state index in [1.807, 2.05) is 30.3 Å². The summed E-state index contributed by atoms with van der Waals surface area (Å²) in [7, 11) is 0. The van der Waals surface area contributed by atoms with Crippen molar-refractivity contribution < 1.29 is 19.8 Å². The van der Waals surface area contributed by atoms with Gasteiger partial charge in [0.25, 0.3) is 0 Å². The van der Waals surface area contributed by atoms with E-state index in [1.165, 1.54) is 0 Å². The Bertz CT molecular complexity index is 328. The van der Waals surface area contributed by atoms with Gasteiger partial charge in [-0.15, -0.1) is 0 Å². The van der Waals surface area contributed by atoms with Crippen LogP contribution in [0.4, 0.5) is 4.79 Å². The Morgan fingerprint density at radius 3 is 2.56 bits per heavy atom. The summed E-state index contributed by atoms with van der Waals surface area (Å²) in [4.78, 5) is 15.9. The smallest absolute Gasteiger partial charge is 0.431 e. The maximum absolute atomic E-state index is 10.8. The maximum atomic E-state index is 10.8. The highest BCUT2D eigenvalue weighted by molar-refractivity contribution is 5.63. The summed E-state index contributed by atoms with van der Waals surface area (Å²) in [6.07, 6.45) is -1.21. The summed E-state index contributed by atoms with van der Waals surface area (Å²) in [5.41, 5.74) is 0.874. The summed E-state index contributed by atoms with van der Waals surface area (Å²) < 4.78 is 0. The molecule has 5 nitrogen and oxygen atoms in total. The molecule has 0 aromatic heterocycles. The molecular weight excluding hydrogens is 210 g/mol. The molecule has 0 bridgehead atoms. The van der Waals surface area contributed by atoms with Crippen molar-refractivity contribution in [1.82, 2.24) is 5.06 Å². The molecule has 0 saturated carbocycles. The van der Waals surface area contributed by atoms with E-state index in [4.69, 9.17) is 15.1 Å². The van der Waals surface area contributed by atoms with Crippen LogP contribution in [0.2, 0.25) is 0 Å². The Balaban J connectivity index is 2.54. The molecule has 1 aromatic rings. The van der Waals surface area contributed by atoms with E-state index < -0.39 is 12.1 Å². The molecule has 0 aliphatic heterocycles. The molecule has 0 aliphatic carbocycles. The largest absolute Gasteiger partial charge is 0.463 e. The van der Waals surface area contributed by atoms with E-state index in [0.29, 0.717) is 0 Å². The first-order valence-corrected chi connectivity index (χ1v) is 4.95. The highest BCUT2D eigenvalue weighted by Crippen LogP contribution is 2.06. The number of benzene rings is 1. The van der Waals surface area contributed by atoms with Crippen LogP contribution >= 0.6 is 0 Å². The van der Waals surface area contributed by atoms with Gasteiger partial charge >= 0.3 is 6.09 Å². The lowest BCUT2D eigenvalue weighted by Crippen LogP contribution is -2.39. The third kappa shape index (κ3) is 3.52. The van der Waals surface area contributed by atoms with Crippen molar-refractivity contribution in [1.29, 1.82) is 0 Å². The van der Waals surface area contributed by atoms with Crippen LogP contribution in [0.25, 0.3) is 0 Å². The highest BCUT2D eigenvalue weighted by Gasteiger charge is 2.19. The molecule has 1 rings (SSSR count). The second-order valence-electron chi connectivity index (χ2n) is 3.40. The molecule has 1 amide bonds. The number of nitrogens with zero attached hydrogens (tertiary/aromatic N) is 1. The van der Waals surface area contributed by atoms with Crippen LogP contribution in [0.15, 0.2) is 30.3 Å². The van der Waals surface area contributed by atoms with Crippen LogP contribution in [0, 0.1) is 0 Å². The fourth-order valence-corrected chi connectivity index (χ4v) is 1.16. The summed E-state index contributed by atoms with van der Waals surface area (Å²) in [5, 5.41) is 18.5. The summed E-state index contributed by atoms with van der Waals surface area (Å²) >= 11 is 0. The Hall–Kier alpha value is -1.59. The number of hydrogen-bond donors (Lipinski definition) is 2. The lowest BCUT2D eigenvalue weighted by atomic mass is 10.2. The van der Waals surface area contributed by atoms with E-state index in [9.17, 15) is 4.79 Å². The van der Waals surface area contributed by atoms with Crippen LogP contribution in [-0.4, -0.2) is 34.0 Å². The molecule has 0 fully saturated rings. The lowest BCUT2D eigenvalue weighted by Gasteiger charge is -2.23. The molecule has 0 spiro atoms. The van der Waals surface area contributed by atoms with Crippen LogP contribution in [-0.2, 0) is 11.4 Å². The Morgan fingerprint density at radius 2 is 2.06 bits per heavy atom. The SMILES string of the molecule is CC(CO)N(OCc1ccccc1)C(=O)O. The first-order valence-electron chi connectivity index (χ1n) is 4.95. The van der Waals surface area contributed by atoms with Crippen LogP contribution < -0.4 is 0 Å². The number of amides is 1. The number of hydroxylamine groups is 2. The monoisotopic (exact) mass is 225 g/mol. The van der Waals surface area contributed by atoms with Gasteiger partial charge in [-0.25, -0.2) is 4.79 Å². The molecule has 1 aromatic carbocycles. The van der Waals surface area contributed by atoms with Gasteiger partial charge in [0.05, 0.1) is 12.6 Å². The van der Waals surface area contributed by atoms with Crippen LogP contribution in [0.5, 0.6) is 0 Å². The van der Waals surface area contributed by atoms with Gasteiger partial charge in [-0.3, -0.25) is 4.84 Å². The van der Waals surface area contributed by atoms with Gasteiger partial charge in [0.15, 0.2) is 0 Å². The zero-order valence-electron chi connectivity index (χ0n) is 9.04. The average Bonchev–Trinajstić information content (AvgIpc) is 2.30. The number of carbonyl (C=O) groups is 1.